The Hall–Kier alpha value is -1.38. The summed E-state index contributed by atoms with van der Waals surface area (Å²) in [4.78, 5) is 4.23. The quantitative estimate of drug-likeness (QED) is 0.583. The third-order valence-corrected chi connectivity index (χ3v) is 2.05. The average molecular weight is 194 g/mol. The molecular formula is C11H15FN2. The van der Waals surface area contributed by atoms with Crippen LogP contribution in [0.3, 0.4) is 0 Å². The molecule has 0 aliphatic heterocycles. The summed E-state index contributed by atoms with van der Waals surface area (Å²) >= 11 is 0. The largest absolute Gasteiger partial charge is 0.387 e. The second-order valence-electron chi connectivity index (χ2n) is 3.20. The van der Waals surface area contributed by atoms with Crippen molar-refractivity contribution >= 4 is 5.84 Å². The minimum absolute atomic E-state index is 0.0781. The van der Waals surface area contributed by atoms with Crippen LogP contribution in [-0.2, 0) is 0 Å². The van der Waals surface area contributed by atoms with E-state index in [0.29, 0.717) is 5.84 Å². The Balaban J connectivity index is 2.84. The van der Waals surface area contributed by atoms with Crippen LogP contribution in [0.1, 0.15) is 31.9 Å². The predicted molar refractivity (Wildman–Crippen MR) is 56.7 cm³/mol. The molecule has 1 atom stereocenters. The highest BCUT2D eigenvalue weighted by atomic mass is 19.1. The van der Waals surface area contributed by atoms with Gasteiger partial charge >= 0.3 is 0 Å². The lowest BCUT2D eigenvalue weighted by molar-refractivity contribution is 0.622. The van der Waals surface area contributed by atoms with Gasteiger partial charge in [0.2, 0.25) is 0 Å². The van der Waals surface area contributed by atoms with Gasteiger partial charge in [-0.1, -0.05) is 19.1 Å². The molecule has 0 fully saturated rings. The monoisotopic (exact) mass is 194 g/mol. The molecule has 1 unspecified atom stereocenters. The number of rotatable bonds is 3. The summed E-state index contributed by atoms with van der Waals surface area (Å²) < 4.78 is 12.9. The van der Waals surface area contributed by atoms with Gasteiger partial charge < -0.3 is 5.73 Å². The van der Waals surface area contributed by atoms with Crippen LogP contribution in [0, 0.1) is 5.82 Å². The molecule has 1 aromatic rings. The molecule has 1 rings (SSSR count). The van der Waals surface area contributed by atoms with Crippen LogP contribution in [0.4, 0.5) is 4.39 Å². The fourth-order valence-corrected chi connectivity index (χ4v) is 1.18. The second kappa shape index (κ2) is 4.74. The normalized spacial score (nSPS) is 14.1. The Morgan fingerprint density at radius 2 is 2.29 bits per heavy atom. The molecule has 76 valence electrons. The maximum atomic E-state index is 12.9. The van der Waals surface area contributed by atoms with Gasteiger partial charge in [-0.05, 0) is 24.6 Å². The minimum atomic E-state index is -0.236. The van der Waals surface area contributed by atoms with Crippen LogP contribution < -0.4 is 5.73 Å². The summed E-state index contributed by atoms with van der Waals surface area (Å²) in [6, 6.07) is 6.35. The lowest BCUT2D eigenvalue weighted by Crippen LogP contribution is -2.11. The summed E-state index contributed by atoms with van der Waals surface area (Å²) in [5.41, 5.74) is 6.45. The number of amidine groups is 1. The first-order valence-electron chi connectivity index (χ1n) is 4.71. The molecule has 14 heavy (non-hydrogen) atoms. The van der Waals surface area contributed by atoms with Crippen molar-refractivity contribution in [3.63, 3.8) is 0 Å². The van der Waals surface area contributed by atoms with Gasteiger partial charge in [0.1, 0.15) is 5.82 Å². The van der Waals surface area contributed by atoms with E-state index >= 15 is 0 Å². The van der Waals surface area contributed by atoms with Crippen LogP contribution in [0.5, 0.6) is 0 Å². The zero-order chi connectivity index (χ0) is 10.6. The van der Waals surface area contributed by atoms with Gasteiger partial charge in [0, 0.05) is 6.42 Å². The Labute approximate surface area is 83.7 Å². The zero-order valence-corrected chi connectivity index (χ0v) is 8.50. The van der Waals surface area contributed by atoms with E-state index in [2.05, 4.69) is 4.99 Å². The van der Waals surface area contributed by atoms with Crippen molar-refractivity contribution in [3.05, 3.63) is 35.6 Å². The van der Waals surface area contributed by atoms with E-state index in [-0.39, 0.29) is 11.9 Å². The predicted octanol–water partition coefficient (Wildman–Crippen LogP) is 2.65. The Morgan fingerprint density at radius 1 is 1.57 bits per heavy atom. The zero-order valence-electron chi connectivity index (χ0n) is 8.50. The molecule has 2 N–H and O–H groups in total. The highest BCUT2D eigenvalue weighted by Crippen LogP contribution is 2.17. The lowest BCUT2D eigenvalue weighted by Gasteiger charge is -2.07. The van der Waals surface area contributed by atoms with Gasteiger partial charge in [-0.3, -0.25) is 4.99 Å². The van der Waals surface area contributed by atoms with Crippen LogP contribution in [-0.4, -0.2) is 5.84 Å². The van der Waals surface area contributed by atoms with E-state index in [4.69, 9.17) is 5.73 Å². The van der Waals surface area contributed by atoms with Gasteiger partial charge in [-0.15, -0.1) is 0 Å². The maximum Gasteiger partial charge on any atom is 0.123 e. The van der Waals surface area contributed by atoms with Gasteiger partial charge in [-0.2, -0.15) is 0 Å². The standard InChI is InChI=1S/C11H15FN2/c1-3-11(13)14-8(2)9-5-4-6-10(12)7-9/h4-8H,3H2,1-2H3,(H2,13,14). The van der Waals surface area contributed by atoms with Crippen molar-refractivity contribution < 1.29 is 4.39 Å². The molecule has 0 radical (unpaired) electrons. The molecule has 0 spiro atoms. The van der Waals surface area contributed by atoms with Crippen molar-refractivity contribution in [1.29, 1.82) is 0 Å². The summed E-state index contributed by atoms with van der Waals surface area (Å²) in [6.07, 6.45) is 0.722. The van der Waals surface area contributed by atoms with E-state index < -0.39 is 0 Å². The number of halogens is 1. The molecule has 0 aliphatic rings. The van der Waals surface area contributed by atoms with Crippen molar-refractivity contribution in [2.75, 3.05) is 0 Å². The molecule has 3 heteroatoms. The molecule has 2 nitrogen and oxygen atoms in total. The molecule has 0 aromatic heterocycles. The first-order chi connectivity index (χ1) is 6.63. The van der Waals surface area contributed by atoms with E-state index in [0.717, 1.165) is 12.0 Å². The number of hydrogen-bond acceptors (Lipinski definition) is 1. The average Bonchev–Trinajstić information content (AvgIpc) is 2.17. The van der Waals surface area contributed by atoms with E-state index in [1.54, 1.807) is 6.07 Å². The first kappa shape index (κ1) is 10.7. The Kier molecular flexibility index (Phi) is 3.63. The summed E-state index contributed by atoms with van der Waals surface area (Å²) in [6.45, 7) is 3.84. The number of hydrogen-bond donors (Lipinski definition) is 1. The van der Waals surface area contributed by atoms with E-state index in [1.165, 1.54) is 12.1 Å². The minimum Gasteiger partial charge on any atom is -0.387 e. The fourth-order valence-electron chi connectivity index (χ4n) is 1.18. The number of nitrogens with zero attached hydrogens (tertiary/aromatic N) is 1. The van der Waals surface area contributed by atoms with Crippen molar-refractivity contribution in [1.82, 2.24) is 0 Å². The smallest absolute Gasteiger partial charge is 0.123 e. The van der Waals surface area contributed by atoms with Crippen molar-refractivity contribution in [2.24, 2.45) is 10.7 Å². The van der Waals surface area contributed by atoms with Crippen molar-refractivity contribution in [3.8, 4) is 0 Å². The van der Waals surface area contributed by atoms with E-state index in [1.807, 2.05) is 19.9 Å². The second-order valence-corrected chi connectivity index (χ2v) is 3.20. The molecule has 0 amide bonds. The molecule has 0 heterocycles. The summed E-state index contributed by atoms with van der Waals surface area (Å²) in [7, 11) is 0. The maximum absolute atomic E-state index is 12.9. The number of benzene rings is 1. The van der Waals surface area contributed by atoms with Crippen molar-refractivity contribution in [2.45, 2.75) is 26.3 Å². The van der Waals surface area contributed by atoms with Crippen LogP contribution >= 0.6 is 0 Å². The van der Waals surface area contributed by atoms with Crippen LogP contribution in [0.2, 0.25) is 0 Å². The lowest BCUT2D eigenvalue weighted by atomic mass is 10.1. The summed E-state index contributed by atoms with van der Waals surface area (Å²) in [5, 5.41) is 0. The topological polar surface area (TPSA) is 38.4 Å². The molecule has 0 bridgehead atoms. The third-order valence-electron chi connectivity index (χ3n) is 2.05. The molecule has 1 aromatic carbocycles. The Bertz CT molecular complexity index is 334. The van der Waals surface area contributed by atoms with Crippen LogP contribution in [0.25, 0.3) is 0 Å². The SMILES string of the molecule is CCC(N)=NC(C)c1cccc(F)c1. The Morgan fingerprint density at radius 3 is 2.86 bits per heavy atom. The number of aliphatic imine (C=N–C) groups is 1. The molecule has 0 saturated heterocycles. The highest BCUT2D eigenvalue weighted by molar-refractivity contribution is 5.80. The molecular weight excluding hydrogens is 179 g/mol. The van der Waals surface area contributed by atoms with Gasteiger partial charge in [0.25, 0.3) is 0 Å². The van der Waals surface area contributed by atoms with Gasteiger partial charge in [0.05, 0.1) is 11.9 Å². The third kappa shape index (κ3) is 2.83. The molecule has 0 saturated carbocycles. The fraction of sp³-hybridized carbons (Fsp3) is 0.364. The number of nitrogens with two attached hydrogens (primary N) is 1. The first-order valence-corrected chi connectivity index (χ1v) is 4.71. The van der Waals surface area contributed by atoms with Crippen LogP contribution in [0.15, 0.2) is 29.3 Å². The van der Waals surface area contributed by atoms with E-state index in [9.17, 15) is 4.39 Å². The highest BCUT2D eigenvalue weighted by Gasteiger charge is 2.04. The molecule has 0 aliphatic carbocycles. The van der Waals surface area contributed by atoms with Gasteiger partial charge in [0.15, 0.2) is 0 Å². The van der Waals surface area contributed by atoms with Gasteiger partial charge in [-0.25, -0.2) is 4.39 Å². The summed E-state index contributed by atoms with van der Waals surface area (Å²) in [5.74, 6) is 0.362.